The zero-order valence-electron chi connectivity index (χ0n) is 12.3. The van der Waals surface area contributed by atoms with Crippen molar-refractivity contribution in [1.29, 1.82) is 0 Å². The predicted octanol–water partition coefficient (Wildman–Crippen LogP) is 3.97. The average Bonchev–Trinajstić information content (AvgIpc) is 3.29. The van der Waals surface area contributed by atoms with Crippen molar-refractivity contribution in [3.63, 3.8) is 0 Å². The van der Waals surface area contributed by atoms with Gasteiger partial charge in [0.05, 0.1) is 16.9 Å². The minimum absolute atomic E-state index is 0.159. The third-order valence-corrected chi connectivity index (χ3v) is 4.78. The number of thiocarbonyl (C=S) groups is 1. The highest BCUT2D eigenvalue weighted by molar-refractivity contribution is 8.27. The fourth-order valence-electron chi connectivity index (χ4n) is 2.35. The Kier molecular flexibility index (Phi) is 3.87. The molecule has 1 aromatic heterocycles. The van der Waals surface area contributed by atoms with Crippen molar-refractivity contribution < 1.29 is 18.7 Å². The van der Waals surface area contributed by atoms with E-state index in [1.165, 1.54) is 16.7 Å². The lowest BCUT2D eigenvalue weighted by Gasteiger charge is -2.14. The minimum Gasteiger partial charge on any atom is -0.465 e. The molecule has 2 aliphatic rings. The number of hydrogen-bond acceptors (Lipinski definition) is 6. The zero-order valence-corrected chi connectivity index (χ0v) is 13.9. The molecule has 24 heavy (non-hydrogen) atoms. The molecule has 4 rings (SSSR count). The van der Waals surface area contributed by atoms with Crippen molar-refractivity contribution in [2.24, 2.45) is 0 Å². The van der Waals surface area contributed by atoms with Gasteiger partial charge in [0, 0.05) is 6.07 Å². The van der Waals surface area contributed by atoms with Crippen LogP contribution >= 0.6 is 24.0 Å². The van der Waals surface area contributed by atoms with Gasteiger partial charge in [-0.3, -0.25) is 9.69 Å². The number of carbonyl (C=O) groups is 1. The Morgan fingerprint density at radius 2 is 2.08 bits per heavy atom. The summed E-state index contributed by atoms with van der Waals surface area (Å²) in [5.41, 5.74) is 0.667. The van der Waals surface area contributed by atoms with Crippen molar-refractivity contribution in [2.45, 2.75) is 0 Å². The first-order chi connectivity index (χ1) is 11.7. The maximum absolute atomic E-state index is 12.6. The largest absolute Gasteiger partial charge is 0.465 e. The van der Waals surface area contributed by atoms with Crippen molar-refractivity contribution in [3.8, 4) is 11.5 Å². The number of allylic oxidation sites excluding steroid dienone is 2. The second kappa shape index (κ2) is 6.18. The second-order valence-electron chi connectivity index (χ2n) is 4.95. The molecule has 0 N–H and O–H groups in total. The minimum atomic E-state index is -0.159. The Morgan fingerprint density at radius 1 is 1.21 bits per heavy atom. The van der Waals surface area contributed by atoms with Crippen LogP contribution in [0.1, 0.15) is 5.76 Å². The van der Waals surface area contributed by atoms with Crippen LogP contribution in [0, 0.1) is 0 Å². The fraction of sp³-hybridized carbons (Fsp3) is 0.0588. The van der Waals surface area contributed by atoms with Crippen molar-refractivity contribution in [3.05, 3.63) is 59.4 Å². The summed E-state index contributed by atoms with van der Waals surface area (Å²) in [5.74, 6) is 1.84. The molecule has 0 aliphatic carbocycles. The van der Waals surface area contributed by atoms with E-state index in [2.05, 4.69) is 0 Å². The van der Waals surface area contributed by atoms with Gasteiger partial charge in [-0.15, -0.1) is 0 Å². The van der Waals surface area contributed by atoms with Gasteiger partial charge in [0.25, 0.3) is 5.91 Å². The molecule has 1 fully saturated rings. The maximum Gasteiger partial charge on any atom is 0.270 e. The van der Waals surface area contributed by atoms with Crippen LogP contribution in [0.5, 0.6) is 11.5 Å². The van der Waals surface area contributed by atoms with E-state index in [0.717, 1.165) is 5.76 Å². The van der Waals surface area contributed by atoms with Gasteiger partial charge in [-0.05, 0) is 36.4 Å². The monoisotopic (exact) mass is 357 g/mol. The molecule has 1 saturated heterocycles. The molecule has 1 aromatic carbocycles. The lowest BCUT2D eigenvalue weighted by molar-refractivity contribution is -0.113. The van der Waals surface area contributed by atoms with Crippen LogP contribution in [0.3, 0.4) is 0 Å². The first-order valence-electron chi connectivity index (χ1n) is 7.10. The van der Waals surface area contributed by atoms with Crippen LogP contribution in [-0.2, 0) is 4.79 Å². The van der Waals surface area contributed by atoms with Crippen LogP contribution in [0.4, 0.5) is 5.69 Å². The van der Waals surface area contributed by atoms with Gasteiger partial charge in [-0.1, -0.05) is 30.1 Å². The number of ether oxygens (including phenoxy) is 2. The zero-order chi connectivity index (χ0) is 16.5. The number of hydrogen-bond donors (Lipinski definition) is 0. The summed E-state index contributed by atoms with van der Waals surface area (Å²) in [7, 11) is 0. The summed E-state index contributed by atoms with van der Waals surface area (Å²) in [4.78, 5) is 14.7. The molecular weight excluding hydrogens is 346 g/mol. The van der Waals surface area contributed by atoms with E-state index in [0.29, 0.717) is 26.4 Å². The molecule has 7 heteroatoms. The van der Waals surface area contributed by atoms with Gasteiger partial charge in [0.1, 0.15) is 5.76 Å². The molecule has 0 atom stereocenters. The summed E-state index contributed by atoms with van der Waals surface area (Å²) in [5, 5.41) is 0. The van der Waals surface area contributed by atoms with Gasteiger partial charge in [0.15, 0.2) is 15.8 Å². The number of thioether (sulfide) groups is 1. The summed E-state index contributed by atoms with van der Waals surface area (Å²) < 4.78 is 16.3. The van der Waals surface area contributed by atoms with Crippen molar-refractivity contribution >= 4 is 46.0 Å². The van der Waals surface area contributed by atoms with Crippen LogP contribution in [0.2, 0.25) is 0 Å². The van der Waals surface area contributed by atoms with E-state index < -0.39 is 0 Å². The van der Waals surface area contributed by atoms with E-state index in [-0.39, 0.29) is 12.7 Å². The molecule has 2 aromatic rings. The molecule has 1 amide bonds. The molecule has 2 aliphatic heterocycles. The number of benzene rings is 1. The first-order valence-corrected chi connectivity index (χ1v) is 8.32. The quantitative estimate of drug-likeness (QED) is 0.612. The van der Waals surface area contributed by atoms with Gasteiger partial charge in [0.2, 0.25) is 6.79 Å². The smallest absolute Gasteiger partial charge is 0.270 e. The maximum atomic E-state index is 12.6. The van der Waals surface area contributed by atoms with Gasteiger partial charge in [-0.2, -0.15) is 0 Å². The van der Waals surface area contributed by atoms with Gasteiger partial charge >= 0.3 is 0 Å². The Hall–Kier alpha value is -2.51. The lowest BCUT2D eigenvalue weighted by Crippen LogP contribution is -2.27. The molecule has 0 bridgehead atoms. The molecule has 5 nitrogen and oxygen atoms in total. The number of amides is 1. The van der Waals surface area contributed by atoms with E-state index in [4.69, 9.17) is 26.1 Å². The molecule has 0 spiro atoms. The summed E-state index contributed by atoms with van der Waals surface area (Å²) >= 11 is 6.61. The van der Waals surface area contributed by atoms with Crippen molar-refractivity contribution in [1.82, 2.24) is 0 Å². The molecule has 120 valence electrons. The number of rotatable bonds is 3. The normalized spacial score (nSPS) is 18.3. The van der Waals surface area contributed by atoms with E-state index in [1.807, 2.05) is 6.07 Å². The Labute approximate surface area is 147 Å². The van der Waals surface area contributed by atoms with Crippen LogP contribution in [0.15, 0.2) is 58.1 Å². The predicted molar refractivity (Wildman–Crippen MR) is 96.1 cm³/mol. The Morgan fingerprint density at radius 3 is 2.92 bits per heavy atom. The standard InChI is InChI=1S/C17H11NO4S2/c19-16-15(5-1-3-12-4-2-8-20-12)24-17(23)18(16)11-6-7-13-14(9-11)22-10-21-13/h1-9H,10H2/b3-1+,15-5+. The first kappa shape index (κ1) is 15.0. The molecule has 0 unspecified atom stereocenters. The highest BCUT2D eigenvalue weighted by Gasteiger charge is 2.33. The Balaban J connectivity index is 1.57. The molecule has 3 heterocycles. The van der Waals surface area contributed by atoms with Crippen LogP contribution in [0.25, 0.3) is 6.08 Å². The van der Waals surface area contributed by atoms with Crippen molar-refractivity contribution in [2.75, 3.05) is 11.7 Å². The average molecular weight is 357 g/mol. The van der Waals surface area contributed by atoms with Gasteiger partial charge in [-0.25, -0.2) is 0 Å². The van der Waals surface area contributed by atoms with Gasteiger partial charge < -0.3 is 13.9 Å². The third kappa shape index (κ3) is 2.72. The number of anilines is 1. The lowest BCUT2D eigenvalue weighted by atomic mass is 10.2. The fourth-order valence-corrected chi connectivity index (χ4v) is 3.60. The van der Waals surface area contributed by atoms with E-state index in [9.17, 15) is 4.79 Å². The molecule has 0 saturated carbocycles. The van der Waals surface area contributed by atoms with E-state index in [1.54, 1.807) is 48.8 Å². The molecule has 0 radical (unpaired) electrons. The number of fused-ring (bicyclic) bond motifs is 1. The number of carbonyl (C=O) groups excluding carboxylic acids is 1. The second-order valence-corrected chi connectivity index (χ2v) is 6.63. The number of furan rings is 1. The topological polar surface area (TPSA) is 51.9 Å². The van der Waals surface area contributed by atoms with Crippen LogP contribution in [-0.4, -0.2) is 17.0 Å². The third-order valence-electron chi connectivity index (χ3n) is 3.46. The summed E-state index contributed by atoms with van der Waals surface area (Å²) in [6.45, 7) is 0.189. The molecular formula is C17H11NO4S2. The highest BCUT2D eigenvalue weighted by Crippen LogP contribution is 2.40. The summed E-state index contributed by atoms with van der Waals surface area (Å²) in [6.07, 6.45) is 6.88. The SMILES string of the molecule is O=C1/C(=C\C=C\c2ccco2)SC(=S)N1c1ccc2c(c1)OCO2. The number of nitrogens with zero attached hydrogens (tertiary/aromatic N) is 1. The highest BCUT2D eigenvalue weighted by atomic mass is 32.2. The Bertz CT molecular complexity index is 871. The van der Waals surface area contributed by atoms with Crippen LogP contribution < -0.4 is 14.4 Å². The summed E-state index contributed by atoms with van der Waals surface area (Å²) in [6, 6.07) is 8.96. The van der Waals surface area contributed by atoms with E-state index >= 15 is 0 Å².